The summed E-state index contributed by atoms with van der Waals surface area (Å²) >= 11 is 0. The topological polar surface area (TPSA) is 29.1 Å². The van der Waals surface area contributed by atoms with E-state index in [0.717, 1.165) is 17.2 Å². The van der Waals surface area contributed by atoms with Gasteiger partial charge in [-0.1, -0.05) is 74.7 Å². The van der Waals surface area contributed by atoms with Crippen LogP contribution in [-0.2, 0) is 6.42 Å². The third-order valence-corrected chi connectivity index (χ3v) is 6.90. The van der Waals surface area contributed by atoms with E-state index in [2.05, 4.69) is 60.8 Å². The smallest absolute Gasteiger partial charge is 0.251 e. The van der Waals surface area contributed by atoms with E-state index in [-0.39, 0.29) is 11.9 Å². The third-order valence-electron chi connectivity index (χ3n) is 6.90. The van der Waals surface area contributed by atoms with Gasteiger partial charge in [-0.05, 0) is 84.5 Å². The van der Waals surface area contributed by atoms with Gasteiger partial charge in [-0.25, -0.2) is 0 Å². The van der Waals surface area contributed by atoms with Gasteiger partial charge >= 0.3 is 0 Å². The second-order valence-corrected chi connectivity index (χ2v) is 9.57. The first-order valence-corrected chi connectivity index (χ1v) is 12.0. The third kappa shape index (κ3) is 5.18. The Kier molecular flexibility index (Phi) is 6.75. The Labute approximate surface area is 187 Å². The van der Waals surface area contributed by atoms with Crippen molar-refractivity contribution in [1.29, 1.82) is 0 Å². The molecule has 0 atom stereocenters. The number of rotatable bonds is 6. The van der Waals surface area contributed by atoms with Gasteiger partial charge in [0.15, 0.2) is 0 Å². The van der Waals surface area contributed by atoms with E-state index in [1.54, 1.807) is 0 Å². The molecule has 0 radical (unpaired) electrons. The van der Waals surface area contributed by atoms with Gasteiger partial charge in [0.05, 0.1) is 0 Å². The fourth-order valence-electron chi connectivity index (χ4n) is 5.02. The van der Waals surface area contributed by atoms with Gasteiger partial charge in [0, 0.05) is 11.6 Å². The molecule has 0 unspecified atom stereocenters. The van der Waals surface area contributed by atoms with Crippen LogP contribution in [-0.4, -0.2) is 11.9 Å². The zero-order valence-corrected chi connectivity index (χ0v) is 19.2. The Balaban J connectivity index is 1.51. The highest BCUT2D eigenvalue weighted by Crippen LogP contribution is 2.34. The SMILES string of the molecule is CCC1CCC(Cc2ccc(-c3cccc4cc(C(=O)NC(C)C)ccc34)cc2)CC1. The first-order chi connectivity index (χ1) is 15.0. The van der Waals surface area contributed by atoms with Gasteiger partial charge in [-0.15, -0.1) is 0 Å². The normalized spacial score (nSPS) is 19.0. The molecule has 3 aromatic rings. The zero-order chi connectivity index (χ0) is 21.8. The molecule has 3 aromatic carbocycles. The fourth-order valence-corrected chi connectivity index (χ4v) is 5.02. The lowest BCUT2D eigenvalue weighted by atomic mass is 9.78. The van der Waals surface area contributed by atoms with Crippen LogP contribution in [0.15, 0.2) is 60.7 Å². The molecular formula is C29H35NO. The van der Waals surface area contributed by atoms with Crippen LogP contribution in [0.2, 0.25) is 0 Å². The molecular weight excluding hydrogens is 378 g/mol. The minimum Gasteiger partial charge on any atom is -0.350 e. The summed E-state index contributed by atoms with van der Waals surface area (Å²) in [5, 5.41) is 5.27. The van der Waals surface area contributed by atoms with Crippen molar-refractivity contribution in [2.45, 2.75) is 65.3 Å². The minimum atomic E-state index is -0.0142. The maximum absolute atomic E-state index is 12.4. The Morgan fingerprint density at radius 2 is 1.65 bits per heavy atom. The summed E-state index contributed by atoms with van der Waals surface area (Å²) in [5.41, 5.74) is 4.63. The van der Waals surface area contributed by atoms with Crippen molar-refractivity contribution in [2.75, 3.05) is 0 Å². The van der Waals surface area contributed by atoms with Crippen LogP contribution < -0.4 is 5.32 Å². The number of carbonyl (C=O) groups excluding carboxylic acids is 1. The Hall–Kier alpha value is -2.61. The van der Waals surface area contributed by atoms with E-state index in [1.807, 2.05) is 26.0 Å². The predicted molar refractivity (Wildman–Crippen MR) is 131 cm³/mol. The molecule has 1 fully saturated rings. The van der Waals surface area contributed by atoms with Crippen molar-refractivity contribution in [2.24, 2.45) is 11.8 Å². The van der Waals surface area contributed by atoms with Crippen LogP contribution >= 0.6 is 0 Å². The van der Waals surface area contributed by atoms with Crippen LogP contribution in [0.5, 0.6) is 0 Å². The van der Waals surface area contributed by atoms with Gasteiger partial charge in [-0.3, -0.25) is 4.79 Å². The van der Waals surface area contributed by atoms with Crippen molar-refractivity contribution in [3.63, 3.8) is 0 Å². The average Bonchev–Trinajstić information content (AvgIpc) is 2.79. The Morgan fingerprint density at radius 1 is 0.935 bits per heavy atom. The fraction of sp³-hybridized carbons (Fsp3) is 0.414. The zero-order valence-electron chi connectivity index (χ0n) is 19.2. The summed E-state index contributed by atoms with van der Waals surface area (Å²) in [4.78, 5) is 12.4. The molecule has 0 heterocycles. The molecule has 0 aliphatic heterocycles. The molecule has 1 saturated carbocycles. The molecule has 0 aromatic heterocycles. The van der Waals surface area contributed by atoms with Crippen LogP contribution in [0.1, 0.15) is 68.8 Å². The number of carbonyl (C=O) groups is 1. The summed E-state index contributed by atoms with van der Waals surface area (Å²) < 4.78 is 0. The van der Waals surface area contributed by atoms with Crippen LogP contribution in [0, 0.1) is 11.8 Å². The molecule has 4 rings (SSSR count). The summed E-state index contributed by atoms with van der Waals surface area (Å²) in [6.45, 7) is 6.30. The maximum Gasteiger partial charge on any atom is 0.251 e. The lowest BCUT2D eigenvalue weighted by Gasteiger charge is -2.27. The molecule has 31 heavy (non-hydrogen) atoms. The Bertz CT molecular complexity index is 1030. The van der Waals surface area contributed by atoms with Gasteiger partial charge < -0.3 is 5.32 Å². The molecule has 0 spiro atoms. The quantitative estimate of drug-likeness (QED) is 0.448. The van der Waals surface area contributed by atoms with Crippen molar-refractivity contribution in [3.05, 3.63) is 71.8 Å². The van der Waals surface area contributed by atoms with E-state index in [9.17, 15) is 4.79 Å². The maximum atomic E-state index is 12.4. The van der Waals surface area contributed by atoms with Crippen LogP contribution in [0.25, 0.3) is 21.9 Å². The summed E-state index contributed by atoms with van der Waals surface area (Å²) in [7, 11) is 0. The standard InChI is InChI=1S/C29H35NO/c1-4-21-8-10-22(11-9-21)18-23-12-14-24(15-13-23)27-7-5-6-25-19-26(16-17-28(25)27)29(31)30-20(2)3/h5-7,12-17,19-22H,4,8-11,18H2,1-3H3,(H,30,31). The second kappa shape index (κ2) is 9.68. The molecule has 0 saturated heterocycles. The highest BCUT2D eigenvalue weighted by Gasteiger charge is 2.20. The van der Waals surface area contributed by atoms with Crippen molar-refractivity contribution in [1.82, 2.24) is 5.32 Å². The average molecular weight is 414 g/mol. The lowest BCUT2D eigenvalue weighted by Crippen LogP contribution is -2.29. The van der Waals surface area contributed by atoms with Gasteiger partial charge in [0.25, 0.3) is 5.91 Å². The first-order valence-electron chi connectivity index (χ1n) is 12.0. The van der Waals surface area contributed by atoms with Gasteiger partial charge in [-0.2, -0.15) is 0 Å². The molecule has 162 valence electrons. The largest absolute Gasteiger partial charge is 0.350 e. The van der Waals surface area contributed by atoms with E-state index >= 15 is 0 Å². The Morgan fingerprint density at radius 3 is 2.32 bits per heavy atom. The minimum absolute atomic E-state index is 0.0142. The molecule has 2 nitrogen and oxygen atoms in total. The van der Waals surface area contributed by atoms with Gasteiger partial charge in [0.2, 0.25) is 0 Å². The van der Waals surface area contributed by atoms with E-state index in [1.165, 1.54) is 60.6 Å². The van der Waals surface area contributed by atoms with Crippen molar-refractivity contribution >= 4 is 16.7 Å². The number of hydrogen-bond donors (Lipinski definition) is 1. The highest BCUT2D eigenvalue weighted by molar-refractivity contribution is 6.02. The lowest BCUT2D eigenvalue weighted by molar-refractivity contribution is 0.0943. The van der Waals surface area contributed by atoms with E-state index in [4.69, 9.17) is 0 Å². The second-order valence-electron chi connectivity index (χ2n) is 9.57. The summed E-state index contributed by atoms with van der Waals surface area (Å²) in [6, 6.07) is 21.7. The van der Waals surface area contributed by atoms with Crippen molar-refractivity contribution < 1.29 is 4.79 Å². The molecule has 1 amide bonds. The molecule has 1 N–H and O–H groups in total. The van der Waals surface area contributed by atoms with Crippen molar-refractivity contribution in [3.8, 4) is 11.1 Å². The van der Waals surface area contributed by atoms with E-state index < -0.39 is 0 Å². The van der Waals surface area contributed by atoms with Crippen LogP contribution in [0.4, 0.5) is 0 Å². The number of nitrogens with one attached hydrogen (secondary N) is 1. The monoisotopic (exact) mass is 413 g/mol. The number of hydrogen-bond acceptors (Lipinski definition) is 1. The molecule has 0 bridgehead atoms. The molecule has 2 heteroatoms. The molecule has 1 aliphatic rings. The molecule has 1 aliphatic carbocycles. The summed E-state index contributed by atoms with van der Waals surface area (Å²) in [5.74, 6) is 1.79. The predicted octanol–water partition coefficient (Wildman–Crippen LogP) is 7.40. The number of benzene rings is 3. The summed E-state index contributed by atoms with van der Waals surface area (Å²) in [6.07, 6.45) is 8.14. The van der Waals surface area contributed by atoms with Gasteiger partial charge in [0.1, 0.15) is 0 Å². The van der Waals surface area contributed by atoms with Crippen LogP contribution in [0.3, 0.4) is 0 Å². The highest BCUT2D eigenvalue weighted by atomic mass is 16.1. The van der Waals surface area contributed by atoms with E-state index in [0.29, 0.717) is 5.56 Å². The number of fused-ring (bicyclic) bond motifs is 1. The first kappa shape index (κ1) is 21.6. The number of amides is 1.